The maximum atomic E-state index is 13.0. The van der Waals surface area contributed by atoms with E-state index in [0.29, 0.717) is 19.3 Å². The number of esters is 3. The summed E-state index contributed by atoms with van der Waals surface area (Å²) in [4.78, 5) is 48.7. The Labute approximate surface area is 488 Å². The standard InChI is InChI=1S/C68H115O11P/c1-4-7-10-13-16-19-22-25-28-30-32-34-37-40-43-46-49-52-55-58-67(71)78-64(60-69)62-76-80(73,74)77-63-65(61-75-66(70)57-54-51-48-45-42-39-36-27-24-21-18-15-12-9-6-3)79-68(72)59-56-53-50-47-44-41-38-35-33-31-29-26-23-20-17-14-11-8-5-2/h9,12,16-21,25-29,33,35-36,42,45,64-65,69H,4-8,10-11,13-15,22-24,30-32,34,37-41,43-44,46-63H2,1-3H3,(H,73,74)/b12-9-,19-16-,20-17-,21-18-,28-25-,29-26-,35-33-,36-27-,45-42-. The number of phosphoric ester groups is 1. The third-order valence-corrected chi connectivity index (χ3v) is 14.1. The van der Waals surface area contributed by atoms with Gasteiger partial charge in [0.1, 0.15) is 12.7 Å². The quantitative estimate of drug-likeness (QED) is 0.0197. The number of aliphatic hydroxyl groups is 1. The van der Waals surface area contributed by atoms with Crippen molar-refractivity contribution in [1.82, 2.24) is 0 Å². The molecule has 0 spiro atoms. The summed E-state index contributed by atoms with van der Waals surface area (Å²) in [5, 5.41) is 9.86. The van der Waals surface area contributed by atoms with Crippen LogP contribution in [0.25, 0.3) is 0 Å². The number of unbranched alkanes of at least 4 members (excludes halogenated alkanes) is 23. The predicted octanol–water partition coefficient (Wildman–Crippen LogP) is 19.4. The number of ether oxygens (including phenoxy) is 3. The topological polar surface area (TPSA) is 155 Å². The molecular formula is C68H115O11P. The summed E-state index contributed by atoms with van der Waals surface area (Å²) < 4.78 is 39.6. The van der Waals surface area contributed by atoms with Crippen LogP contribution >= 0.6 is 7.82 Å². The first-order chi connectivity index (χ1) is 39.2. The van der Waals surface area contributed by atoms with Crippen LogP contribution in [-0.2, 0) is 42.2 Å². The molecule has 11 nitrogen and oxygen atoms in total. The molecule has 0 radical (unpaired) electrons. The average Bonchev–Trinajstić information content (AvgIpc) is 3.45. The van der Waals surface area contributed by atoms with Crippen molar-refractivity contribution in [2.24, 2.45) is 0 Å². The van der Waals surface area contributed by atoms with Gasteiger partial charge in [0, 0.05) is 19.3 Å². The number of hydrogen-bond donors (Lipinski definition) is 2. The molecule has 3 atom stereocenters. The second-order valence-corrected chi connectivity index (χ2v) is 22.3. The smallest absolute Gasteiger partial charge is 0.462 e. The zero-order valence-corrected chi connectivity index (χ0v) is 51.7. The fraction of sp³-hybridized carbons (Fsp3) is 0.691. The van der Waals surface area contributed by atoms with Crippen LogP contribution in [0.5, 0.6) is 0 Å². The van der Waals surface area contributed by atoms with E-state index in [2.05, 4.69) is 130 Å². The van der Waals surface area contributed by atoms with Gasteiger partial charge in [-0.15, -0.1) is 0 Å². The molecule has 0 saturated heterocycles. The number of carbonyl (C=O) groups is 3. The molecule has 0 aromatic heterocycles. The molecule has 2 N–H and O–H groups in total. The Morgan fingerprint density at radius 3 is 1.02 bits per heavy atom. The lowest BCUT2D eigenvalue weighted by Crippen LogP contribution is -2.30. The third kappa shape index (κ3) is 58.8. The highest BCUT2D eigenvalue weighted by atomic mass is 31.2. The minimum Gasteiger partial charge on any atom is -0.462 e. The zero-order valence-electron chi connectivity index (χ0n) is 50.8. The van der Waals surface area contributed by atoms with Gasteiger partial charge in [-0.1, -0.05) is 226 Å². The van der Waals surface area contributed by atoms with Crippen LogP contribution in [0.4, 0.5) is 0 Å². The maximum Gasteiger partial charge on any atom is 0.472 e. The highest BCUT2D eigenvalue weighted by Crippen LogP contribution is 2.43. The molecule has 12 heteroatoms. The SMILES string of the molecule is CC/C=C\C/C=C\C/C=C\C/C=C\CCCCC(=O)OCC(COP(=O)(O)OCC(CO)OC(=O)CCCCCCCCCCC/C=C\C/C=C\CCCCC)OC(=O)CCCCCCCC/C=C\C/C=C\C/C=C\CCCCC. The van der Waals surface area contributed by atoms with Gasteiger partial charge in [0.2, 0.25) is 0 Å². The molecule has 458 valence electrons. The molecule has 0 aromatic carbocycles. The van der Waals surface area contributed by atoms with E-state index < -0.39 is 57.8 Å². The van der Waals surface area contributed by atoms with Gasteiger partial charge in [-0.25, -0.2) is 4.57 Å². The lowest BCUT2D eigenvalue weighted by atomic mass is 10.1. The Morgan fingerprint density at radius 1 is 0.362 bits per heavy atom. The molecule has 80 heavy (non-hydrogen) atoms. The maximum absolute atomic E-state index is 13.0. The Bertz CT molecular complexity index is 1760. The van der Waals surface area contributed by atoms with E-state index in [1.54, 1.807) is 0 Å². The minimum atomic E-state index is -4.77. The molecule has 0 aliphatic rings. The molecule has 0 aromatic rings. The molecular weight excluding hydrogens is 1020 g/mol. The van der Waals surface area contributed by atoms with Gasteiger partial charge in [0.15, 0.2) is 6.10 Å². The minimum absolute atomic E-state index is 0.139. The van der Waals surface area contributed by atoms with Gasteiger partial charge in [-0.05, 0) is 128 Å². The van der Waals surface area contributed by atoms with Crippen LogP contribution in [0.3, 0.4) is 0 Å². The van der Waals surface area contributed by atoms with Gasteiger partial charge in [0.05, 0.1) is 19.8 Å². The Hall–Kier alpha value is -3.86. The first-order valence-corrected chi connectivity index (χ1v) is 33.3. The number of hydrogen-bond acceptors (Lipinski definition) is 10. The van der Waals surface area contributed by atoms with E-state index in [4.69, 9.17) is 23.3 Å². The van der Waals surface area contributed by atoms with Gasteiger partial charge >= 0.3 is 25.7 Å². The van der Waals surface area contributed by atoms with Crippen molar-refractivity contribution >= 4 is 25.7 Å². The first kappa shape index (κ1) is 76.1. The second-order valence-electron chi connectivity index (χ2n) is 20.8. The number of rotatable bonds is 58. The number of aliphatic hydroxyl groups excluding tert-OH is 1. The van der Waals surface area contributed by atoms with Crippen LogP contribution in [0, 0.1) is 0 Å². The molecule has 0 aliphatic carbocycles. The zero-order chi connectivity index (χ0) is 58.3. The van der Waals surface area contributed by atoms with Crippen LogP contribution in [0.2, 0.25) is 0 Å². The summed E-state index contributed by atoms with van der Waals surface area (Å²) in [6.07, 6.45) is 74.7. The summed E-state index contributed by atoms with van der Waals surface area (Å²) in [7, 11) is -4.77. The van der Waals surface area contributed by atoms with Crippen molar-refractivity contribution in [3.8, 4) is 0 Å². The molecule has 0 rings (SSSR count). The van der Waals surface area contributed by atoms with Crippen LogP contribution in [0.1, 0.15) is 265 Å². The normalized spacial score (nSPS) is 14.0. The molecule has 0 aliphatic heterocycles. The molecule has 0 bridgehead atoms. The van der Waals surface area contributed by atoms with Gasteiger partial charge in [-0.3, -0.25) is 23.4 Å². The van der Waals surface area contributed by atoms with Crippen molar-refractivity contribution in [3.05, 3.63) is 109 Å². The van der Waals surface area contributed by atoms with Gasteiger partial charge in [-0.2, -0.15) is 0 Å². The van der Waals surface area contributed by atoms with E-state index in [1.165, 1.54) is 83.5 Å². The molecule has 0 amide bonds. The fourth-order valence-corrected chi connectivity index (χ4v) is 9.11. The Kier molecular flexibility index (Phi) is 58.3. The lowest BCUT2D eigenvalue weighted by Gasteiger charge is -2.21. The molecule has 0 fully saturated rings. The summed E-state index contributed by atoms with van der Waals surface area (Å²) >= 11 is 0. The monoisotopic (exact) mass is 1140 g/mol. The van der Waals surface area contributed by atoms with Crippen LogP contribution in [0.15, 0.2) is 109 Å². The summed E-state index contributed by atoms with van der Waals surface area (Å²) in [6, 6.07) is 0. The molecule has 0 heterocycles. The Balaban J connectivity index is 4.75. The van der Waals surface area contributed by atoms with E-state index in [0.717, 1.165) is 122 Å². The third-order valence-electron chi connectivity index (χ3n) is 13.1. The highest BCUT2D eigenvalue weighted by molar-refractivity contribution is 7.47. The number of allylic oxidation sites excluding steroid dienone is 18. The molecule has 0 saturated carbocycles. The van der Waals surface area contributed by atoms with Crippen LogP contribution < -0.4 is 0 Å². The van der Waals surface area contributed by atoms with Gasteiger partial charge < -0.3 is 24.2 Å². The largest absolute Gasteiger partial charge is 0.472 e. The first-order valence-electron chi connectivity index (χ1n) is 31.8. The van der Waals surface area contributed by atoms with Crippen molar-refractivity contribution in [2.45, 2.75) is 277 Å². The Morgan fingerprint density at radius 2 is 0.650 bits per heavy atom. The number of phosphoric acid groups is 1. The summed E-state index contributed by atoms with van der Waals surface area (Å²) in [6.45, 7) is 4.43. The van der Waals surface area contributed by atoms with E-state index >= 15 is 0 Å². The predicted molar refractivity (Wildman–Crippen MR) is 334 cm³/mol. The van der Waals surface area contributed by atoms with Gasteiger partial charge in [0.25, 0.3) is 0 Å². The average molecular weight is 1140 g/mol. The van der Waals surface area contributed by atoms with E-state index in [1.807, 2.05) is 0 Å². The number of carbonyl (C=O) groups excluding carboxylic acids is 3. The molecule has 3 unspecified atom stereocenters. The van der Waals surface area contributed by atoms with E-state index in [-0.39, 0.29) is 25.9 Å². The summed E-state index contributed by atoms with van der Waals surface area (Å²) in [5.41, 5.74) is 0. The van der Waals surface area contributed by atoms with Crippen molar-refractivity contribution in [2.75, 3.05) is 26.4 Å². The van der Waals surface area contributed by atoms with Crippen molar-refractivity contribution < 1.29 is 52.2 Å². The van der Waals surface area contributed by atoms with Crippen LogP contribution in [-0.4, -0.2) is 66.5 Å². The van der Waals surface area contributed by atoms with Crippen molar-refractivity contribution in [1.29, 1.82) is 0 Å². The summed E-state index contributed by atoms with van der Waals surface area (Å²) in [5.74, 6) is -1.54. The lowest BCUT2D eigenvalue weighted by molar-refractivity contribution is -0.161. The van der Waals surface area contributed by atoms with E-state index in [9.17, 15) is 28.9 Å². The van der Waals surface area contributed by atoms with Crippen molar-refractivity contribution in [3.63, 3.8) is 0 Å². The fourth-order valence-electron chi connectivity index (χ4n) is 8.33. The highest BCUT2D eigenvalue weighted by Gasteiger charge is 2.28. The second kappa shape index (κ2) is 61.2.